The summed E-state index contributed by atoms with van der Waals surface area (Å²) < 4.78 is 35.0. The molecule has 4 rings (SSSR count). The van der Waals surface area contributed by atoms with Gasteiger partial charge >= 0.3 is 17.9 Å². The average molecular weight is 441 g/mol. The summed E-state index contributed by atoms with van der Waals surface area (Å²) in [5.41, 5.74) is -0.543. The van der Waals surface area contributed by atoms with E-state index in [1.165, 1.54) is 0 Å². The largest absolute Gasteiger partial charge is 0.460 e. The van der Waals surface area contributed by atoms with E-state index >= 15 is 0 Å². The van der Waals surface area contributed by atoms with Crippen molar-refractivity contribution in [2.75, 3.05) is 11.5 Å². The van der Waals surface area contributed by atoms with Gasteiger partial charge in [-0.1, -0.05) is 13.8 Å². The number of sulfone groups is 1. The number of hydrogen-bond donors (Lipinski definition) is 0. The van der Waals surface area contributed by atoms with Gasteiger partial charge in [-0.15, -0.1) is 0 Å². The Hall–Kier alpha value is -1.44. The predicted molar refractivity (Wildman–Crippen MR) is 108 cm³/mol. The monoisotopic (exact) mass is 440 g/mol. The van der Waals surface area contributed by atoms with Crippen molar-refractivity contribution in [1.29, 1.82) is 0 Å². The van der Waals surface area contributed by atoms with Gasteiger partial charge in [-0.05, 0) is 69.1 Å². The fourth-order valence-corrected chi connectivity index (χ4v) is 9.17. The Labute approximate surface area is 178 Å². The van der Waals surface area contributed by atoms with E-state index < -0.39 is 39.2 Å². The maximum absolute atomic E-state index is 12.7. The highest BCUT2D eigenvalue weighted by Gasteiger charge is 2.63. The minimum Gasteiger partial charge on any atom is -0.460 e. The first kappa shape index (κ1) is 21.8. The fraction of sp³-hybridized carbons (Fsp3) is 0.864. The van der Waals surface area contributed by atoms with Gasteiger partial charge in [0.25, 0.3) is 0 Å². The first-order chi connectivity index (χ1) is 13.8. The van der Waals surface area contributed by atoms with Crippen LogP contribution in [0.2, 0.25) is 0 Å². The number of hydrogen-bond acceptors (Lipinski definition) is 7. The quantitative estimate of drug-likeness (QED) is 0.490. The molecule has 2 heterocycles. The third-order valence-corrected chi connectivity index (χ3v) is 9.81. The van der Waals surface area contributed by atoms with Gasteiger partial charge in [-0.25, -0.2) is 8.42 Å². The molecule has 9 atom stereocenters. The van der Waals surface area contributed by atoms with E-state index in [4.69, 9.17) is 9.47 Å². The molecule has 4 fully saturated rings. The Morgan fingerprint density at radius 3 is 2.17 bits per heavy atom. The molecule has 4 aliphatic rings. The van der Waals surface area contributed by atoms with Crippen LogP contribution in [0.1, 0.15) is 47.5 Å². The van der Waals surface area contributed by atoms with Crippen molar-refractivity contribution in [3.63, 3.8) is 0 Å². The highest BCUT2D eigenvalue weighted by Crippen LogP contribution is 2.60. The van der Waals surface area contributed by atoms with Crippen molar-refractivity contribution < 1.29 is 32.3 Å². The van der Waals surface area contributed by atoms with Crippen LogP contribution in [0.5, 0.6) is 0 Å². The molecular formula is C22H32O7S. The van der Waals surface area contributed by atoms with Gasteiger partial charge < -0.3 is 9.47 Å². The summed E-state index contributed by atoms with van der Waals surface area (Å²) >= 11 is 0. The smallest absolute Gasteiger partial charge is 0.317 e. The summed E-state index contributed by atoms with van der Waals surface area (Å²) in [6, 6.07) is 0. The van der Waals surface area contributed by atoms with Crippen LogP contribution in [-0.4, -0.2) is 43.4 Å². The molecule has 2 bridgehead atoms. The molecule has 0 amide bonds. The molecule has 0 N–H and O–H groups in total. The van der Waals surface area contributed by atoms with Gasteiger partial charge in [0.15, 0.2) is 9.84 Å². The van der Waals surface area contributed by atoms with Crippen LogP contribution in [0.15, 0.2) is 0 Å². The number of cyclic esters (lactones) is 2. The number of ether oxygens (including phenoxy) is 2. The Kier molecular flexibility index (Phi) is 5.11. The number of carbonyl (C=O) groups excluding carboxylic acids is 3. The maximum Gasteiger partial charge on any atom is 0.317 e. The van der Waals surface area contributed by atoms with Crippen LogP contribution in [0.25, 0.3) is 0 Å². The molecule has 9 unspecified atom stereocenters. The SMILES string of the molecule is CC1CS(=O)(=O)CC1C1C(=O)OC(=O)C1C1C2CC(C(=O)OC(C)(C)C)C(C2)C1C. The van der Waals surface area contributed by atoms with Crippen molar-refractivity contribution >= 4 is 27.7 Å². The predicted octanol–water partition coefficient (Wildman–Crippen LogP) is 2.23. The Balaban J connectivity index is 1.56. The fourth-order valence-electron chi connectivity index (χ4n) is 6.86. The lowest BCUT2D eigenvalue weighted by Gasteiger charge is -2.38. The lowest BCUT2D eigenvalue weighted by molar-refractivity contribution is -0.163. The zero-order chi connectivity index (χ0) is 22.2. The number of fused-ring (bicyclic) bond motifs is 2. The average Bonchev–Trinajstić information content (AvgIpc) is 3.27. The zero-order valence-corrected chi connectivity index (χ0v) is 19.1. The summed E-state index contributed by atoms with van der Waals surface area (Å²) in [5, 5.41) is 0. The van der Waals surface area contributed by atoms with Crippen LogP contribution in [-0.2, 0) is 33.7 Å². The number of carbonyl (C=O) groups is 3. The standard InChI is InChI=1S/C22H32O7S/c1-10-8-30(26,27)9-15(10)17-18(21(25)28-20(17)24)16-11(2)13-6-12(16)7-14(13)19(23)29-22(3,4)5/h10-18H,6-9H2,1-5H3. The highest BCUT2D eigenvalue weighted by molar-refractivity contribution is 7.91. The topological polar surface area (TPSA) is 104 Å². The summed E-state index contributed by atoms with van der Waals surface area (Å²) in [6.45, 7) is 9.45. The Morgan fingerprint density at radius 2 is 1.63 bits per heavy atom. The third kappa shape index (κ3) is 3.59. The first-order valence-corrected chi connectivity index (χ1v) is 12.8. The van der Waals surface area contributed by atoms with E-state index in [0.29, 0.717) is 6.42 Å². The molecule has 2 aliphatic heterocycles. The lowest BCUT2D eigenvalue weighted by atomic mass is 9.64. The van der Waals surface area contributed by atoms with Crippen LogP contribution in [0.3, 0.4) is 0 Å². The summed E-state index contributed by atoms with van der Waals surface area (Å²) in [4.78, 5) is 38.1. The molecule has 7 nitrogen and oxygen atoms in total. The van der Waals surface area contributed by atoms with E-state index in [1.54, 1.807) is 0 Å². The van der Waals surface area contributed by atoms with Gasteiger partial charge in [0, 0.05) is 0 Å². The van der Waals surface area contributed by atoms with Gasteiger partial charge in [0.05, 0.1) is 29.3 Å². The molecule has 0 radical (unpaired) electrons. The van der Waals surface area contributed by atoms with Crippen molar-refractivity contribution in [1.82, 2.24) is 0 Å². The Bertz CT molecular complexity index is 868. The normalized spacial score (nSPS) is 45.0. The second-order valence-corrected chi connectivity index (χ2v) is 13.1. The molecule has 0 aromatic heterocycles. The second-order valence-electron chi connectivity index (χ2n) is 11.0. The lowest BCUT2D eigenvalue weighted by Crippen LogP contribution is -2.42. The van der Waals surface area contributed by atoms with Crippen molar-refractivity contribution in [2.24, 2.45) is 53.3 Å². The van der Waals surface area contributed by atoms with Crippen LogP contribution in [0, 0.1) is 53.3 Å². The molecule has 0 aromatic carbocycles. The third-order valence-electron chi connectivity index (χ3n) is 7.89. The molecule has 2 aliphatic carbocycles. The van der Waals surface area contributed by atoms with E-state index in [1.807, 2.05) is 34.6 Å². The van der Waals surface area contributed by atoms with Crippen LogP contribution >= 0.6 is 0 Å². The molecule has 0 spiro atoms. The molecule has 168 valence electrons. The first-order valence-electron chi connectivity index (χ1n) is 11.0. The Morgan fingerprint density at radius 1 is 1.00 bits per heavy atom. The van der Waals surface area contributed by atoms with Crippen molar-refractivity contribution in [3.8, 4) is 0 Å². The highest BCUT2D eigenvalue weighted by atomic mass is 32.2. The second kappa shape index (κ2) is 7.04. The van der Waals surface area contributed by atoms with Crippen LogP contribution in [0.4, 0.5) is 0 Å². The number of rotatable bonds is 3. The van der Waals surface area contributed by atoms with E-state index in [0.717, 1.165) is 6.42 Å². The molecule has 0 aromatic rings. The zero-order valence-electron chi connectivity index (χ0n) is 18.3. The van der Waals surface area contributed by atoms with Gasteiger partial charge in [-0.2, -0.15) is 0 Å². The molecule has 8 heteroatoms. The maximum atomic E-state index is 12.7. The minimum absolute atomic E-state index is 0.0509. The molecule has 2 saturated heterocycles. The molecule has 30 heavy (non-hydrogen) atoms. The summed E-state index contributed by atoms with van der Waals surface area (Å²) in [6.07, 6.45) is 1.48. The van der Waals surface area contributed by atoms with E-state index in [9.17, 15) is 22.8 Å². The van der Waals surface area contributed by atoms with Crippen molar-refractivity contribution in [3.05, 3.63) is 0 Å². The minimum atomic E-state index is -3.21. The van der Waals surface area contributed by atoms with Crippen LogP contribution < -0.4 is 0 Å². The van der Waals surface area contributed by atoms with Gasteiger partial charge in [-0.3, -0.25) is 14.4 Å². The van der Waals surface area contributed by atoms with E-state index in [2.05, 4.69) is 0 Å². The van der Waals surface area contributed by atoms with E-state index in [-0.39, 0.29) is 58.9 Å². The van der Waals surface area contributed by atoms with Crippen molar-refractivity contribution in [2.45, 2.75) is 53.1 Å². The van der Waals surface area contributed by atoms with Gasteiger partial charge in [0.1, 0.15) is 5.60 Å². The van der Waals surface area contributed by atoms with Gasteiger partial charge in [0.2, 0.25) is 0 Å². The number of esters is 3. The summed E-state index contributed by atoms with van der Waals surface area (Å²) in [7, 11) is -3.21. The molecule has 2 saturated carbocycles. The molecular weight excluding hydrogens is 408 g/mol. The summed E-state index contributed by atoms with van der Waals surface area (Å²) in [5.74, 6) is -3.06.